The molecule has 174 valence electrons. The molecule has 2 saturated carbocycles. The van der Waals surface area contributed by atoms with Crippen LogP contribution >= 0.6 is 12.3 Å². The first-order chi connectivity index (χ1) is 15.5. The highest BCUT2D eigenvalue weighted by Gasteiger charge is 2.54. The molecule has 0 spiro atoms. The van der Waals surface area contributed by atoms with E-state index in [2.05, 4.69) is 50.8 Å². The highest BCUT2D eigenvalue weighted by atomic mass is 32.2. The van der Waals surface area contributed by atoms with Crippen molar-refractivity contribution in [2.24, 2.45) is 36.1 Å². The van der Waals surface area contributed by atoms with Gasteiger partial charge in [0.1, 0.15) is 5.75 Å². The first-order valence-electron chi connectivity index (χ1n) is 11.8. The minimum absolute atomic E-state index is 0.386. The van der Waals surface area contributed by atoms with E-state index in [4.69, 9.17) is 10.1 Å². The first-order valence-corrected chi connectivity index (χ1v) is 12.5. The van der Waals surface area contributed by atoms with Crippen LogP contribution in [-0.4, -0.2) is 20.2 Å². The summed E-state index contributed by atoms with van der Waals surface area (Å²) in [5.74, 6) is 9.67. The molecule has 1 heterocycles. The molecule has 8 nitrogen and oxygen atoms in total. The molecule has 2 fully saturated rings. The van der Waals surface area contributed by atoms with E-state index in [1.807, 2.05) is 11.7 Å². The standard InChI is InChI=1S/C23H33N5O3S/c1-4-14-11-19-15(12-21(14)29-32-31-30-24)5-7-18-17(19)9-10-23(2)16(6-8-20(18)23)13-22-25-26-27-28(22)3/h11-12,16-18,20H,4-10,13,24H2,1-3H3/t16-,17?,18?,20?,23-/m1/s1. The van der Waals surface area contributed by atoms with E-state index < -0.39 is 0 Å². The molecule has 0 radical (unpaired) electrons. The van der Waals surface area contributed by atoms with E-state index in [9.17, 15) is 0 Å². The van der Waals surface area contributed by atoms with Gasteiger partial charge in [0.2, 0.25) is 0 Å². The maximum absolute atomic E-state index is 5.70. The van der Waals surface area contributed by atoms with Gasteiger partial charge in [-0.05, 0) is 107 Å². The van der Waals surface area contributed by atoms with Gasteiger partial charge in [-0.2, -0.15) is 5.90 Å². The number of benzene rings is 1. The van der Waals surface area contributed by atoms with E-state index in [1.165, 1.54) is 43.2 Å². The number of tetrazole rings is 1. The fourth-order valence-electron chi connectivity index (χ4n) is 7.15. The van der Waals surface area contributed by atoms with Crippen LogP contribution in [0.25, 0.3) is 0 Å². The molecule has 1 aromatic heterocycles. The Labute approximate surface area is 193 Å². The predicted molar refractivity (Wildman–Crippen MR) is 121 cm³/mol. The Bertz CT molecular complexity index is 969. The Kier molecular flexibility index (Phi) is 6.17. The molecule has 5 atom stereocenters. The van der Waals surface area contributed by atoms with Crippen molar-refractivity contribution in [3.8, 4) is 5.75 Å². The Balaban J connectivity index is 1.37. The quantitative estimate of drug-likeness (QED) is 0.284. The topological polar surface area (TPSA) is 97.3 Å². The number of nitrogens with zero attached hydrogens (tertiary/aromatic N) is 4. The molecule has 0 amide bonds. The van der Waals surface area contributed by atoms with Gasteiger partial charge in [0.15, 0.2) is 5.82 Å². The summed E-state index contributed by atoms with van der Waals surface area (Å²) < 4.78 is 12.2. The van der Waals surface area contributed by atoms with Gasteiger partial charge < -0.3 is 4.18 Å². The first kappa shape index (κ1) is 22.1. The van der Waals surface area contributed by atoms with E-state index in [0.717, 1.165) is 55.0 Å². The molecule has 0 bridgehead atoms. The van der Waals surface area contributed by atoms with Crippen molar-refractivity contribution in [3.05, 3.63) is 34.6 Å². The third-order valence-corrected chi connectivity index (χ3v) is 9.19. The normalized spacial score (nSPS) is 31.1. The van der Waals surface area contributed by atoms with Crippen LogP contribution in [0, 0.1) is 23.2 Å². The highest BCUT2D eigenvalue weighted by Crippen LogP contribution is 2.63. The van der Waals surface area contributed by atoms with Crippen LogP contribution in [-0.2, 0) is 35.6 Å². The van der Waals surface area contributed by atoms with E-state index in [0.29, 0.717) is 17.3 Å². The molecule has 1 aromatic carbocycles. The number of hydrogen-bond acceptors (Lipinski definition) is 8. The summed E-state index contributed by atoms with van der Waals surface area (Å²) in [6, 6.07) is 4.61. The van der Waals surface area contributed by atoms with Crippen LogP contribution < -0.4 is 10.1 Å². The molecule has 3 aliphatic carbocycles. The molecule has 2 aromatic rings. The largest absolute Gasteiger partial charge is 0.398 e. The van der Waals surface area contributed by atoms with Crippen LogP contribution in [0.3, 0.4) is 0 Å². The summed E-state index contributed by atoms with van der Waals surface area (Å²) in [4.78, 5) is 4.14. The molecular formula is C23H33N5O3S. The second-order valence-electron chi connectivity index (χ2n) is 9.99. The van der Waals surface area contributed by atoms with Gasteiger partial charge in [-0.3, -0.25) is 0 Å². The van der Waals surface area contributed by atoms with Crippen molar-refractivity contribution in [1.82, 2.24) is 20.2 Å². The van der Waals surface area contributed by atoms with Gasteiger partial charge in [-0.1, -0.05) is 19.9 Å². The maximum atomic E-state index is 5.70. The lowest BCUT2D eigenvalue weighted by molar-refractivity contribution is -0.199. The summed E-state index contributed by atoms with van der Waals surface area (Å²) in [5.41, 5.74) is 4.58. The summed E-state index contributed by atoms with van der Waals surface area (Å²) in [6.45, 7) is 4.72. The molecule has 3 aliphatic rings. The third-order valence-electron chi connectivity index (χ3n) is 8.81. The second kappa shape index (κ2) is 8.93. The number of fused-ring (bicyclic) bond motifs is 5. The SMILES string of the molecule is CCc1cc2c(cc1OSOON)CCC1C2CC[C@@]2(C)C1CC[C@@H]2Cc1nnnn1C. The van der Waals surface area contributed by atoms with Gasteiger partial charge >= 0.3 is 0 Å². The van der Waals surface area contributed by atoms with Crippen molar-refractivity contribution in [3.63, 3.8) is 0 Å². The number of aryl methyl sites for hydroxylation is 3. The van der Waals surface area contributed by atoms with Crippen LogP contribution in [0.2, 0.25) is 0 Å². The van der Waals surface area contributed by atoms with Gasteiger partial charge in [0, 0.05) is 13.5 Å². The molecular weight excluding hydrogens is 426 g/mol. The predicted octanol–water partition coefficient (Wildman–Crippen LogP) is 4.25. The average molecular weight is 460 g/mol. The molecule has 0 saturated heterocycles. The number of hydrogen-bond donors (Lipinski definition) is 1. The van der Waals surface area contributed by atoms with E-state index in [1.54, 1.807) is 5.56 Å². The maximum Gasteiger partial charge on any atom is 0.260 e. The summed E-state index contributed by atoms with van der Waals surface area (Å²) in [7, 11) is 1.95. The zero-order valence-electron chi connectivity index (χ0n) is 19.1. The van der Waals surface area contributed by atoms with Crippen molar-refractivity contribution >= 4 is 12.3 Å². The Morgan fingerprint density at radius 3 is 2.88 bits per heavy atom. The van der Waals surface area contributed by atoms with Crippen LogP contribution in [0.4, 0.5) is 0 Å². The van der Waals surface area contributed by atoms with Gasteiger partial charge in [0.25, 0.3) is 12.3 Å². The lowest BCUT2D eigenvalue weighted by Gasteiger charge is -2.51. The van der Waals surface area contributed by atoms with Crippen LogP contribution in [0.15, 0.2) is 12.1 Å². The monoisotopic (exact) mass is 459 g/mol. The van der Waals surface area contributed by atoms with Crippen molar-refractivity contribution in [2.45, 2.75) is 71.1 Å². The number of rotatable bonds is 7. The van der Waals surface area contributed by atoms with Crippen molar-refractivity contribution in [2.75, 3.05) is 0 Å². The van der Waals surface area contributed by atoms with Crippen molar-refractivity contribution < 1.29 is 13.5 Å². The molecule has 3 unspecified atom stereocenters. The summed E-state index contributed by atoms with van der Waals surface area (Å²) in [6.07, 6.45) is 9.45. The number of nitrogens with two attached hydrogens (primary N) is 1. The molecule has 32 heavy (non-hydrogen) atoms. The molecule has 2 N–H and O–H groups in total. The van der Waals surface area contributed by atoms with Crippen molar-refractivity contribution in [1.29, 1.82) is 0 Å². The van der Waals surface area contributed by atoms with Gasteiger partial charge in [0.05, 0.1) is 0 Å². The molecule has 0 aliphatic heterocycles. The zero-order valence-corrected chi connectivity index (χ0v) is 19.9. The van der Waals surface area contributed by atoms with E-state index >= 15 is 0 Å². The summed E-state index contributed by atoms with van der Waals surface area (Å²) in [5, 5.41) is 12.2. The third kappa shape index (κ3) is 3.73. The molecule has 5 rings (SSSR count). The Morgan fingerprint density at radius 1 is 1.25 bits per heavy atom. The minimum Gasteiger partial charge on any atom is -0.398 e. The molecule has 9 heteroatoms. The number of aromatic nitrogens is 4. The zero-order chi connectivity index (χ0) is 22.3. The van der Waals surface area contributed by atoms with Gasteiger partial charge in [-0.25, -0.2) is 4.68 Å². The lowest BCUT2D eigenvalue weighted by atomic mass is 9.54. The Hall–Kier alpha value is -1.68. The Morgan fingerprint density at radius 2 is 2.12 bits per heavy atom. The van der Waals surface area contributed by atoms with Crippen LogP contribution in [0.1, 0.15) is 74.4 Å². The second-order valence-corrected chi connectivity index (χ2v) is 10.4. The lowest BCUT2D eigenvalue weighted by Crippen LogP contribution is -2.42. The van der Waals surface area contributed by atoms with Gasteiger partial charge in [-0.15, -0.1) is 14.4 Å². The van der Waals surface area contributed by atoms with Crippen LogP contribution in [0.5, 0.6) is 5.75 Å². The smallest absolute Gasteiger partial charge is 0.260 e. The average Bonchev–Trinajstić information content (AvgIpc) is 3.36. The van der Waals surface area contributed by atoms with E-state index in [-0.39, 0.29) is 0 Å². The fraction of sp³-hybridized carbons (Fsp3) is 0.696. The highest BCUT2D eigenvalue weighted by molar-refractivity contribution is 7.90. The summed E-state index contributed by atoms with van der Waals surface area (Å²) >= 11 is 0.761. The fourth-order valence-corrected chi connectivity index (χ4v) is 7.44. The minimum atomic E-state index is 0.386.